The molecule has 0 aliphatic rings. The predicted octanol–water partition coefficient (Wildman–Crippen LogP) is 1.35. The Morgan fingerprint density at radius 2 is 1.86 bits per heavy atom. The molecule has 2 heterocycles. The highest BCUT2D eigenvalue weighted by Crippen LogP contribution is 2.28. The Morgan fingerprint density at radius 1 is 1.14 bits per heavy atom. The molecule has 4 aromatic rings. The Morgan fingerprint density at radius 3 is 2.54 bits per heavy atom. The van der Waals surface area contributed by atoms with Crippen LogP contribution in [0.25, 0.3) is 22.2 Å². The summed E-state index contributed by atoms with van der Waals surface area (Å²) in [5.41, 5.74) is 5.23. The Kier molecular flexibility index (Phi) is 6.58. The minimum absolute atomic E-state index is 0.0766. The number of sulfonamides is 1. The highest BCUT2D eigenvalue weighted by atomic mass is 32.2. The number of aromatic amines is 1. The smallest absolute Gasteiger partial charge is 0.240 e. The number of rotatable bonds is 8. The van der Waals surface area contributed by atoms with Crippen LogP contribution in [0.5, 0.6) is 0 Å². The van der Waals surface area contributed by atoms with Crippen molar-refractivity contribution in [3.8, 4) is 11.1 Å². The van der Waals surface area contributed by atoms with Gasteiger partial charge in [0.1, 0.15) is 11.5 Å². The fraction of sp³-hybridized carbons (Fsp3) is 0.136. The van der Waals surface area contributed by atoms with E-state index in [0.717, 1.165) is 12.1 Å². The average Bonchev–Trinajstić information content (AvgIpc) is 3.28. The summed E-state index contributed by atoms with van der Waals surface area (Å²) in [7, 11) is -3.93. The number of anilines is 1. The van der Waals surface area contributed by atoms with Crippen LogP contribution in [0.15, 0.2) is 53.6 Å². The number of nitrogen functional groups attached to an aromatic ring is 1. The van der Waals surface area contributed by atoms with Gasteiger partial charge in [-0.05, 0) is 35.9 Å². The summed E-state index contributed by atoms with van der Waals surface area (Å²) in [6.07, 6.45) is 0.210. The summed E-state index contributed by atoms with van der Waals surface area (Å²) in [6, 6.07) is 9.08. The first-order valence-corrected chi connectivity index (χ1v) is 11.6. The number of aliphatic hydroxyl groups excluding tert-OH is 2. The highest BCUT2D eigenvalue weighted by Gasteiger charge is 2.25. The summed E-state index contributed by atoms with van der Waals surface area (Å²) >= 11 is 0. The van der Waals surface area contributed by atoms with E-state index in [9.17, 15) is 27.1 Å². The molecule has 0 saturated heterocycles. The van der Waals surface area contributed by atoms with Gasteiger partial charge in [-0.25, -0.2) is 26.9 Å². The van der Waals surface area contributed by atoms with Crippen LogP contribution in [0.4, 0.5) is 14.5 Å². The molecule has 4 rings (SSSR count). The summed E-state index contributed by atoms with van der Waals surface area (Å²) in [4.78, 5) is 17.0. The van der Waals surface area contributed by atoms with Gasteiger partial charge in [-0.15, -0.1) is 0 Å². The largest absolute Gasteiger partial charge is 0.396 e. The van der Waals surface area contributed by atoms with Gasteiger partial charge in [-0.2, -0.15) is 5.10 Å². The molecule has 13 heteroatoms. The molecule has 2 aromatic carbocycles. The van der Waals surface area contributed by atoms with Crippen LogP contribution in [0, 0.1) is 11.6 Å². The maximum Gasteiger partial charge on any atom is 0.240 e. The van der Waals surface area contributed by atoms with Crippen molar-refractivity contribution >= 4 is 32.5 Å². The second kappa shape index (κ2) is 9.46. The van der Waals surface area contributed by atoms with Crippen molar-refractivity contribution in [1.82, 2.24) is 19.9 Å². The van der Waals surface area contributed by atoms with Crippen LogP contribution in [0.1, 0.15) is 16.1 Å². The van der Waals surface area contributed by atoms with E-state index in [-0.39, 0.29) is 33.9 Å². The van der Waals surface area contributed by atoms with E-state index in [4.69, 9.17) is 10.8 Å². The van der Waals surface area contributed by atoms with E-state index < -0.39 is 45.7 Å². The molecular weight excluding hydrogens is 484 g/mol. The average molecular weight is 503 g/mol. The number of carbonyl (C=O) groups is 1. The van der Waals surface area contributed by atoms with Gasteiger partial charge in [-0.3, -0.25) is 9.89 Å². The second-order valence-electron chi connectivity index (χ2n) is 7.56. The molecule has 0 spiro atoms. The Balaban J connectivity index is 1.67. The summed E-state index contributed by atoms with van der Waals surface area (Å²) < 4.78 is 55.5. The number of carbonyl (C=O) groups excluding carboxylic acids is 1. The van der Waals surface area contributed by atoms with Crippen LogP contribution in [-0.4, -0.2) is 58.9 Å². The van der Waals surface area contributed by atoms with Gasteiger partial charge in [0, 0.05) is 18.3 Å². The molecular formula is C22H19F2N5O5S. The lowest BCUT2D eigenvalue weighted by atomic mass is 10.0. The van der Waals surface area contributed by atoms with Gasteiger partial charge in [0.2, 0.25) is 15.8 Å². The van der Waals surface area contributed by atoms with Crippen molar-refractivity contribution in [2.45, 2.75) is 11.0 Å². The number of H-pyrrole nitrogens is 1. The van der Waals surface area contributed by atoms with Crippen molar-refractivity contribution in [2.24, 2.45) is 0 Å². The normalized spacial score (nSPS) is 12.7. The zero-order valence-electron chi connectivity index (χ0n) is 17.9. The van der Waals surface area contributed by atoms with E-state index >= 15 is 0 Å². The van der Waals surface area contributed by atoms with Crippen molar-refractivity contribution in [2.75, 3.05) is 18.9 Å². The zero-order chi connectivity index (χ0) is 25.3. The number of hydrogen-bond acceptors (Lipinski definition) is 8. The summed E-state index contributed by atoms with van der Waals surface area (Å²) in [5.74, 6) is -3.25. The number of pyridine rings is 1. The molecule has 0 fully saturated rings. The number of aromatic nitrogens is 3. The third kappa shape index (κ3) is 4.74. The molecule has 182 valence electrons. The first-order chi connectivity index (χ1) is 16.6. The van der Waals surface area contributed by atoms with Gasteiger partial charge in [0.15, 0.2) is 11.5 Å². The van der Waals surface area contributed by atoms with Gasteiger partial charge in [0.25, 0.3) is 0 Å². The Bertz CT molecular complexity index is 1520. The molecule has 1 unspecified atom stereocenters. The van der Waals surface area contributed by atoms with Crippen molar-refractivity contribution in [3.05, 3.63) is 71.6 Å². The molecule has 10 nitrogen and oxygen atoms in total. The van der Waals surface area contributed by atoms with E-state index in [1.807, 2.05) is 0 Å². The maximum atomic E-state index is 14.4. The first kappa shape index (κ1) is 24.3. The van der Waals surface area contributed by atoms with Crippen LogP contribution < -0.4 is 10.5 Å². The molecule has 0 aliphatic heterocycles. The van der Waals surface area contributed by atoms with Crippen molar-refractivity contribution in [1.29, 1.82) is 0 Å². The fourth-order valence-electron chi connectivity index (χ4n) is 3.31. The van der Waals surface area contributed by atoms with Gasteiger partial charge < -0.3 is 15.9 Å². The van der Waals surface area contributed by atoms with E-state index in [2.05, 4.69) is 19.9 Å². The number of halogens is 2. The lowest BCUT2D eigenvalue weighted by molar-refractivity contribution is 0.0988. The van der Waals surface area contributed by atoms with Crippen LogP contribution in [0.3, 0.4) is 0 Å². The predicted molar refractivity (Wildman–Crippen MR) is 122 cm³/mol. The van der Waals surface area contributed by atoms with Crippen LogP contribution >= 0.6 is 0 Å². The molecule has 0 aliphatic carbocycles. The van der Waals surface area contributed by atoms with Gasteiger partial charge in [-0.1, -0.05) is 12.1 Å². The lowest BCUT2D eigenvalue weighted by Gasteiger charge is -2.10. The standard InChI is InChI=1S/C22H19F2N5O5S/c23-16-5-6-17(25)19(24)18(16)21(32)20-15-7-12(8-26-22(15)29-28-20)11-1-3-14(4-2-11)35(33,34)27-9-13(31)10-30/h1-8,13,27,30-31H,9-10,25H2,(H,26,28,29). The molecule has 0 saturated carbocycles. The Hall–Kier alpha value is -3.78. The molecule has 1 atom stereocenters. The second-order valence-corrected chi connectivity index (χ2v) is 9.33. The molecule has 2 aromatic heterocycles. The minimum atomic E-state index is -3.93. The minimum Gasteiger partial charge on any atom is -0.396 e. The molecule has 35 heavy (non-hydrogen) atoms. The van der Waals surface area contributed by atoms with Crippen molar-refractivity contribution < 1.29 is 32.2 Å². The Labute approximate surface area is 197 Å². The summed E-state index contributed by atoms with van der Waals surface area (Å²) in [6.45, 7) is -0.945. The zero-order valence-corrected chi connectivity index (χ0v) is 18.7. The lowest BCUT2D eigenvalue weighted by Crippen LogP contribution is -2.33. The SMILES string of the molecule is Nc1ccc(F)c(C(=O)c2[nH]nc3ncc(-c4ccc(S(=O)(=O)NCC(O)CO)cc4)cc23)c1F. The number of nitrogens with one attached hydrogen (secondary N) is 2. The number of ketones is 1. The highest BCUT2D eigenvalue weighted by molar-refractivity contribution is 7.89. The molecule has 0 amide bonds. The van der Waals surface area contributed by atoms with Gasteiger partial charge in [0.05, 0.1) is 34.2 Å². The summed E-state index contributed by atoms with van der Waals surface area (Å²) in [5, 5.41) is 24.7. The number of nitrogens with two attached hydrogens (primary N) is 1. The number of nitrogens with zero attached hydrogens (tertiary/aromatic N) is 2. The van der Waals surface area contributed by atoms with E-state index in [1.165, 1.54) is 36.5 Å². The first-order valence-electron chi connectivity index (χ1n) is 10.1. The third-order valence-corrected chi connectivity index (χ3v) is 6.64. The fourth-order valence-corrected chi connectivity index (χ4v) is 4.39. The van der Waals surface area contributed by atoms with E-state index in [1.54, 1.807) is 0 Å². The van der Waals surface area contributed by atoms with Crippen LogP contribution in [0.2, 0.25) is 0 Å². The van der Waals surface area contributed by atoms with E-state index in [0.29, 0.717) is 11.1 Å². The molecule has 0 bridgehead atoms. The topological polar surface area (TPSA) is 171 Å². The number of hydrogen-bond donors (Lipinski definition) is 5. The van der Waals surface area contributed by atoms with Gasteiger partial charge >= 0.3 is 0 Å². The third-order valence-electron chi connectivity index (χ3n) is 5.20. The molecule has 6 N–H and O–H groups in total. The molecule has 0 radical (unpaired) electrons. The van der Waals surface area contributed by atoms with Crippen molar-refractivity contribution in [3.63, 3.8) is 0 Å². The number of fused-ring (bicyclic) bond motifs is 1. The maximum absolute atomic E-state index is 14.4. The number of benzene rings is 2. The quantitative estimate of drug-likeness (QED) is 0.177. The van der Waals surface area contributed by atoms with Crippen LogP contribution in [-0.2, 0) is 10.0 Å². The number of aliphatic hydroxyl groups is 2. The monoisotopic (exact) mass is 503 g/mol.